The molecule has 2 N–H and O–H groups in total. The van der Waals surface area contributed by atoms with Crippen LogP contribution >= 0.6 is 0 Å². The summed E-state index contributed by atoms with van der Waals surface area (Å²) in [5.41, 5.74) is 1.60. The second kappa shape index (κ2) is 6.29. The SMILES string of the molecule is OC(CNC1Cc2ccccc2C1)c1cccc(C(F)(F)F)n1. The maximum atomic E-state index is 12.7. The molecule has 0 amide bonds. The zero-order valence-corrected chi connectivity index (χ0v) is 12.3. The molecule has 0 fully saturated rings. The minimum Gasteiger partial charge on any atom is -0.385 e. The van der Waals surface area contributed by atoms with Gasteiger partial charge in [-0.15, -0.1) is 0 Å². The molecule has 1 aromatic carbocycles. The predicted octanol–water partition coefficient (Wildman–Crippen LogP) is 2.89. The van der Waals surface area contributed by atoms with E-state index in [2.05, 4.69) is 22.4 Å². The van der Waals surface area contributed by atoms with Crippen molar-refractivity contribution in [1.29, 1.82) is 0 Å². The number of nitrogens with zero attached hydrogens (tertiary/aromatic N) is 1. The number of hydrogen-bond donors (Lipinski definition) is 2. The predicted molar refractivity (Wildman–Crippen MR) is 79.8 cm³/mol. The lowest BCUT2D eigenvalue weighted by atomic mass is 10.1. The lowest BCUT2D eigenvalue weighted by Gasteiger charge is -2.17. The van der Waals surface area contributed by atoms with Crippen LogP contribution in [0.15, 0.2) is 42.5 Å². The van der Waals surface area contributed by atoms with Gasteiger partial charge in [-0.3, -0.25) is 0 Å². The quantitative estimate of drug-likeness (QED) is 0.910. The Morgan fingerprint density at radius 1 is 1.09 bits per heavy atom. The molecule has 1 unspecified atom stereocenters. The van der Waals surface area contributed by atoms with Crippen LogP contribution in [0, 0.1) is 0 Å². The Morgan fingerprint density at radius 2 is 1.74 bits per heavy atom. The number of hydrogen-bond acceptors (Lipinski definition) is 3. The van der Waals surface area contributed by atoms with Crippen LogP contribution in [0.1, 0.15) is 28.6 Å². The fourth-order valence-electron chi connectivity index (χ4n) is 2.88. The first kappa shape index (κ1) is 16.0. The Hall–Kier alpha value is -1.92. The summed E-state index contributed by atoms with van der Waals surface area (Å²) in [6.45, 7) is 0.174. The molecule has 0 bridgehead atoms. The van der Waals surface area contributed by atoms with Crippen LogP contribution in [0.4, 0.5) is 13.2 Å². The van der Waals surface area contributed by atoms with Crippen molar-refractivity contribution in [2.75, 3.05) is 6.54 Å². The number of aromatic nitrogens is 1. The van der Waals surface area contributed by atoms with E-state index in [0.29, 0.717) is 0 Å². The summed E-state index contributed by atoms with van der Waals surface area (Å²) in [7, 11) is 0. The molecule has 1 aliphatic rings. The van der Waals surface area contributed by atoms with Gasteiger partial charge in [-0.05, 0) is 36.1 Å². The van der Waals surface area contributed by atoms with Gasteiger partial charge in [0.2, 0.25) is 0 Å². The Kier molecular flexibility index (Phi) is 4.37. The van der Waals surface area contributed by atoms with Crippen molar-refractivity contribution in [3.8, 4) is 0 Å². The van der Waals surface area contributed by atoms with E-state index >= 15 is 0 Å². The monoisotopic (exact) mass is 322 g/mol. The third-order valence-corrected chi connectivity index (χ3v) is 4.05. The fraction of sp³-hybridized carbons (Fsp3) is 0.353. The van der Waals surface area contributed by atoms with Gasteiger partial charge in [0.1, 0.15) is 11.8 Å². The Labute approximate surface area is 132 Å². The van der Waals surface area contributed by atoms with Crippen molar-refractivity contribution in [3.63, 3.8) is 0 Å². The molecule has 6 heteroatoms. The van der Waals surface area contributed by atoms with E-state index < -0.39 is 18.0 Å². The first-order valence-corrected chi connectivity index (χ1v) is 7.46. The third-order valence-electron chi connectivity index (χ3n) is 4.05. The van der Waals surface area contributed by atoms with Gasteiger partial charge in [0.05, 0.1) is 5.69 Å². The van der Waals surface area contributed by atoms with Gasteiger partial charge in [-0.2, -0.15) is 13.2 Å². The third kappa shape index (κ3) is 3.71. The fourth-order valence-corrected chi connectivity index (χ4v) is 2.88. The van der Waals surface area contributed by atoms with Gasteiger partial charge >= 0.3 is 6.18 Å². The average Bonchev–Trinajstić information content (AvgIpc) is 2.95. The molecule has 122 valence electrons. The number of aliphatic hydroxyl groups is 1. The Morgan fingerprint density at radius 3 is 2.35 bits per heavy atom. The molecular weight excluding hydrogens is 305 g/mol. The van der Waals surface area contributed by atoms with Crippen molar-refractivity contribution in [3.05, 3.63) is 65.0 Å². The maximum Gasteiger partial charge on any atom is 0.433 e. The van der Waals surface area contributed by atoms with E-state index in [1.807, 2.05) is 12.1 Å². The van der Waals surface area contributed by atoms with Crippen LogP contribution in [-0.4, -0.2) is 22.7 Å². The van der Waals surface area contributed by atoms with Gasteiger partial charge in [0.15, 0.2) is 0 Å². The summed E-state index contributed by atoms with van der Waals surface area (Å²) in [4.78, 5) is 3.51. The molecule has 3 nitrogen and oxygen atoms in total. The van der Waals surface area contributed by atoms with E-state index in [1.165, 1.54) is 23.3 Å². The molecule has 2 aromatic rings. The molecule has 1 aromatic heterocycles. The smallest absolute Gasteiger partial charge is 0.385 e. The highest BCUT2D eigenvalue weighted by molar-refractivity contribution is 5.33. The summed E-state index contributed by atoms with van der Waals surface area (Å²) in [5.74, 6) is 0. The van der Waals surface area contributed by atoms with E-state index in [0.717, 1.165) is 18.9 Å². The molecule has 1 heterocycles. The normalized spacial score (nSPS) is 16.3. The average molecular weight is 322 g/mol. The molecular formula is C17H17F3N2O. The molecule has 23 heavy (non-hydrogen) atoms. The summed E-state index contributed by atoms with van der Waals surface area (Å²) >= 11 is 0. The van der Waals surface area contributed by atoms with E-state index in [1.54, 1.807) is 0 Å². The molecule has 0 spiro atoms. The summed E-state index contributed by atoms with van der Waals surface area (Å²) in [6.07, 6.45) is -3.85. The second-order valence-corrected chi connectivity index (χ2v) is 5.74. The van der Waals surface area contributed by atoms with Crippen molar-refractivity contribution in [2.24, 2.45) is 0 Å². The number of pyridine rings is 1. The zero-order valence-electron chi connectivity index (χ0n) is 12.3. The number of benzene rings is 1. The number of rotatable bonds is 4. The number of alkyl halides is 3. The Balaban J connectivity index is 1.59. The minimum absolute atomic E-state index is 0.0304. The number of aliphatic hydroxyl groups excluding tert-OH is 1. The lowest BCUT2D eigenvalue weighted by molar-refractivity contribution is -0.141. The highest BCUT2D eigenvalue weighted by Crippen LogP contribution is 2.28. The standard InChI is InChI=1S/C17H17F3N2O/c18-17(19,20)16-7-3-6-14(22-16)15(23)10-21-13-8-11-4-1-2-5-12(11)9-13/h1-7,13,15,21,23H,8-10H2. The highest BCUT2D eigenvalue weighted by atomic mass is 19.4. The van der Waals surface area contributed by atoms with Crippen molar-refractivity contribution < 1.29 is 18.3 Å². The molecule has 1 atom stereocenters. The van der Waals surface area contributed by atoms with Crippen molar-refractivity contribution in [2.45, 2.75) is 31.2 Å². The molecule has 0 saturated heterocycles. The van der Waals surface area contributed by atoms with E-state index in [-0.39, 0.29) is 18.3 Å². The van der Waals surface area contributed by atoms with Crippen molar-refractivity contribution >= 4 is 0 Å². The largest absolute Gasteiger partial charge is 0.433 e. The van der Waals surface area contributed by atoms with Crippen LogP contribution < -0.4 is 5.32 Å². The van der Waals surface area contributed by atoms with Crippen LogP contribution in [0.25, 0.3) is 0 Å². The number of fused-ring (bicyclic) bond motifs is 1. The maximum absolute atomic E-state index is 12.7. The molecule has 3 rings (SSSR count). The Bertz CT molecular complexity index is 663. The van der Waals surface area contributed by atoms with Crippen LogP contribution in [0.5, 0.6) is 0 Å². The molecule has 0 radical (unpaired) electrons. The van der Waals surface area contributed by atoms with Gasteiger partial charge in [-0.25, -0.2) is 4.98 Å². The highest BCUT2D eigenvalue weighted by Gasteiger charge is 2.33. The molecule has 1 aliphatic carbocycles. The van der Waals surface area contributed by atoms with Gasteiger partial charge in [-0.1, -0.05) is 30.3 Å². The summed E-state index contributed by atoms with van der Waals surface area (Å²) in [5, 5.41) is 13.3. The van der Waals surface area contributed by atoms with Crippen LogP contribution in [0.2, 0.25) is 0 Å². The van der Waals surface area contributed by atoms with E-state index in [4.69, 9.17) is 0 Å². The van der Waals surface area contributed by atoms with Gasteiger partial charge < -0.3 is 10.4 Å². The van der Waals surface area contributed by atoms with E-state index in [9.17, 15) is 18.3 Å². The van der Waals surface area contributed by atoms with Gasteiger partial charge in [0.25, 0.3) is 0 Å². The first-order chi connectivity index (χ1) is 10.9. The topological polar surface area (TPSA) is 45.1 Å². The first-order valence-electron chi connectivity index (χ1n) is 7.46. The lowest BCUT2D eigenvalue weighted by Crippen LogP contribution is -2.33. The molecule has 0 aliphatic heterocycles. The van der Waals surface area contributed by atoms with Gasteiger partial charge in [0, 0.05) is 12.6 Å². The van der Waals surface area contributed by atoms with Crippen LogP contribution in [0.3, 0.4) is 0 Å². The second-order valence-electron chi connectivity index (χ2n) is 5.74. The summed E-state index contributed by atoms with van der Waals surface area (Å²) in [6, 6.07) is 11.9. The summed E-state index contributed by atoms with van der Waals surface area (Å²) < 4.78 is 38.0. The van der Waals surface area contributed by atoms with Crippen molar-refractivity contribution in [1.82, 2.24) is 10.3 Å². The minimum atomic E-state index is -4.50. The zero-order chi connectivity index (χ0) is 16.4. The number of nitrogens with one attached hydrogen (secondary N) is 1. The van der Waals surface area contributed by atoms with Crippen LogP contribution in [-0.2, 0) is 19.0 Å². The molecule has 0 saturated carbocycles. The number of halogens is 3.